The predicted octanol–water partition coefficient (Wildman–Crippen LogP) is 12.5. The van der Waals surface area contributed by atoms with Crippen molar-refractivity contribution in [2.45, 2.75) is 0 Å². The van der Waals surface area contributed by atoms with Crippen molar-refractivity contribution in [3.63, 3.8) is 0 Å². The van der Waals surface area contributed by atoms with Gasteiger partial charge in [0, 0.05) is 27.5 Å². The van der Waals surface area contributed by atoms with Crippen molar-refractivity contribution in [2.75, 3.05) is 0 Å². The van der Waals surface area contributed by atoms with Crippen molar-refractivity contribution in [1.82, 2.24) is 9.97 Å². The zero-order valence-electron chi connectivity index (χ0n) is 26.5. The van der Waals surface area contributed by atoms with Gasteiger partial charge in [0.05, 0.1) is 11.4 Å². The van der Waals surface area contributed by atoms with Crippen molar-refractivity contribution in [1.29, 1.82) is 0 Å². The molecule has 0 aliphatic carbocycles. The van der Waals surface area contributed by atoms with E-state index < -0.39 is 0 Å². The summed E-state index contributed by atoms with van der Waals surface area (Å²) in [6, 6.07) is 59.6. The number of hydrogen-bond donors (Lipinski definition) is 0. The fraction of sp³-hybridized carbons (Fsp3) is 0. The van der Waals surface area contributed by atoms with Gasteiger partial charge in [0.2, 0.25) is 0 Å². The Kier molecular flexibility index (Phi) is 6.18. The molecule has 3 heteroatoms. The Balaban J connectivity index is 1.29. The van der Waals surface area contributed by atoms with Crippen molar-refractivity contribution >= 4 is 54.3 Å². The maximum Gasteiger partial charge on any atom is 0.160 e. The Morgan fingerprint density at radius 1 is 0.367 bits per heavy atom. The normalized spacial score (nSPS) is 11.7. The van der Waals surface area contributed by atoms with Gasteiger partial charge in [0.25, 0.3) is 0 Å². The molecule has 0 saturated heterocycles. The van der Waals surface area contributed by atoms with E-state index in [-0.39, 0.29) is 0 Å². The molecule has 3 nitrogen and oxygen atoms in total. The highest BCUT2D eigenvalue weighted by Gasteiger charge is 2.20. The lowest BCUT2D eigenvalue weighted by Crippen LogP contribution is -1.98. The predicted molar refractivity (Wildman–Crippen MR) is 204 cm³/mol. The highest BCUT2D eigenvalue weighted by Crippen LogP contribution is 2.43. The van der Waals surface area contributed by atoms with Crippen LogP contribution in [0.15, 0.2) is 174 Å². The first-order valence-corrected chi connectivity index (χ1v) is 16.6. The first kappa shape index (κ1) is 27.5. The monoisotopic (exact) mass is 624 g/mol. The third-order valence-electron chi connectivity index (χ3n) is 9.68. The van der Waals surface area contributed by atoms with Crippen LogP contribution in [0.3, 0.4) is 0 Å². The maximum atomic E-state index is 6.30. The molecule has 49 heavy (non-hydrogen) atoms. The van der Waals surface area contributed by atoms with Crippen LogP contribution in [-0.4, -0.2) is 9.97 Å². The lowest BCUT2D eigenvalue weighted by atomic mass is 9.90. The molecule has 0 spiro atoms. The number of rotatable bonds is 4. The molecule has 0 amide bonds. The molecule has 0 N–H and O–H groups in total. The largest absolute Gasteiger partial charge is 0.456 e. The summed E-state index contributed by atoms with van der Waals surface area (Å²) >= 11 is 0. The van der Waals surface area contributed by atoms with Crippen LogP contribution in [0, 0.1) is 0 Å². The first-order valence-electron chi connectivity index (χ1n) is 16.6. The summed E-state index contributed by atoms with van der Waals surface area (Å²) in [6.45, 7) is 0. The fourth-order valence-electron chi connectivity index (χ4n) is 7.47. The molecule has 0 radical (unpaired) electrons. The number of benzene rings is 8. The van der Waals surface area contributed by atoms with E-state index in [0.717, 1.165) is 66.5 Å². The van der Waals surface area contributed by atoms with Gasteiger partial charge in [-0.1, -0.05) is 146 Å². The number of aromatic nitrogens is 2. The minimum atomic E-state index is 0.691. The smallest absolute Gasteiger partial charge is 0.160 e. The molecule has 0 fully saturated rings. The van der Waals surface area contributed by atoms with Crippen LogP contribution in [0.5, 0.6) is 0 Å². The molecular formula is C46H28N2O. The van der Waals surface area contributed by atoms with Gasteiger partial charge in [0.15, 0.2) is 5.82 Å². The number of furan rings is 1. The number of nitrogens with zero attached hydrogens (tertiary/aromatic N) is 2. The number of para-hydroxylation sites is 1. The molecule has 0 unspecified atom stereocenters. The highest BCUT2D eigenvalue weighted by molar-refractivity contribution is 6.20. The van der Waals surface area contributed by atoms with Gasteiger partial charge in [-0.2, -0.15) is 0 Å². The van der Waals surface area contributed by atoms with E-state index in [1.807, 2.05) is 36.4 Å². The van der Waals surface area contributed by atoms with Gasteiger partial charge in [-0.25, -0.2) is 9.97 Å². The summed E-state index contributed by atoms with van der Waals surface area (Å²) in [6.07, 6.45) is 0. The van der Waals surface area contributed by atoms with Crippen LogP contribution < -0.4 is 0 Å². The first-order chi connectivity index (χ1) is 24.3. The van der Waals surface area contributed by atoms with Crippen LogP contribution in [0.1, 0.15) is 0 Å². The van der Waals surface area contributed by atoms with Crippen molar-refractivity contribution < 1.29 is 4.42 Å². The summed E-state index contributed by atoms with van der Waals surface area (Å²) in [5.41, 5.74) is 8.84. The Morgan fingerprint density at radius 3 is 1.90 bits per heavy atom. The van der Waals surface area contributed by atoms with Gasteiger partial charge in [-0.15, -0.1) is 0 Å². The Hall–Kier alpha value is -6.58. The van der Waals surface area contributed by atoms with Crippen LogP contribution in [0.4, 0.5) is 0 Å². The van der Waals surface area contributed by atoms with Crippen LogP contribution in [0.25, 0.3) is 99.3 Å². The van der Waals surface area contributed by atoms with Crippen molar-refractivity contribution in [3.8, 4) is 45.0 Å². The minimum Gasteiger partial charge on any atom is -0.456 e. The van der Waals surface area contributed by atoms with Gasteiger partial charge in [-0.05, 0) is 67.7 Å². The van der Waals surface area contributed by atoms with Crippen LogP contribution >= 0.6 is 0 Å². The molecule has 0 aliphatic rings. The molecule has 8 aromatic carbocycles. The highest BCUT2D eigenvalue weighted by atomic mass is 16.3. The second kappa shape index (κ2) is 11.0. The van der Waals surface area contributed by atoms with Crippen molar-refractivity contribution in [3.05, 3.63) is 170 Å². The molecular weight excluding hydrogens is 597 g/mol. The second-order valence-electron chi connectivity index (χ2n) is 12.5. The second-order valence-corrected chi connectivity index (χ2v) is 12.5. The van der Waals surface area contributed by atoms with Gasteiger partial charge in [0.1, 0.15) is 11.2 Å². The lowest BCUT2D eigenvalue weighted by molar-refractivity contribution is 0.669. The third kappa shape index (κ3) is 4.44. The molecule has 0 bridgehead atoms. The van der Waals surface area contributed by atoms with E-state index in [0.29, 0.717) is 5.82 Å². The van der Waals surface area contributed by atoms with E-state index in [9.17, 15) is 0 Å². The summed E-state index contributed by atoms with van der Waals surface area (Å²) in [4.78, 5) is 10.6. The number of fused-ring (bicyclic) bond motifs is 7. The fourth-order valence-corrected chi connectivity index (χ4v) is 7.47. The topological polar surface area (TPSA) is 38.9 Å². The molecule has 10 aromatic rings. The van der Waals surface area contributed by atoms with Crippen LogP contribution in [-0.2, 0) is 0 Å². The SMILES string of the molecule is c1ccc(-c2nc(-c3ccccc3-c3cccc4oc5ccccc5c34)cc(-c3c4ccccc4cc4c3ccc3ccccc34)n2)cc1. The van der Waals surface area contributed by atoms with Gasteiger partial charge in [-0.3, -0.25) is 0 Å². The molecule has 0 saturated carbocycles. The molecule has 228 valence electrons. The lowest BCUT2D eigenvalue weighted by Gasteiger charge is -2.16. The molecule has 2 heterocycles. The molecule has 0 aliphatic heterocycles. The number of hydrogen-bond acceptors (Lipinski definition) is 3. The van der Waals surface area contributed by atoms with Gasteiger partial charge >= 0.3 is 0 Å². The summed E-state index contributed by atoms with van der Waals surface area (Å²) in [5.74, 6) is 0.691. The standard InChI is InChI=1S/C46H28N2O/c1-2-14-30(15-3-1)46-47-40(35-20-9-8-19-34(35)36-22-12-24-43-45(36)38-21-10-11-23-42(38)49-43)28-41(48-46)44-33-18-7-5-16-31(33)27-39-32-17-6-4-13-29(32)25-26-37(39)44/h1-28H. The quantitative estimate of drug-likeness (QED) is 0.144. The Bertz CT molecular complexity index is 2890. The average Bonchev–Trinajstić information content (AvgIpc) is 3.56. The summed E-state index contributed by atoms with van der Waals surface area (Å²) in [5, 5.41) is 9.39. The van der Waals surface area contributed by atoms with E-state index in [1.54, 1.807) is 0 Å². The average molecular weight is 625 g/mol. The maximum absolute atomic E-state index is 6.30. The van der Waals surface area contributed by atoms with Gasteiger partial charge < -0.3 is 4.42 Å². The molecule has 0 atom stereocenters. The summed E-state index contributed by atoms with van der Waals surface area (Å²) < 4.78 is 6.30. The van der Waals surface area contributed by atoms with Crippen LogP contribution in [0.2, 0.25) is 0 Å². The van der Waals surface area contributed by atoms with E-state index >= 15 is 0 Å². The molecule has 10 rings (SSSR count). The Morgan fingerprint density at radius 2 is 1.02 bits per heavy atom. The Labute approximate surface area is 282 Å². The van der Waals surface area contributed by atoms with E-state index in [4.69, 9.17) is 14.4 Å². The van der Waals surface area contributed by atoms with Crippen molar-refractivity contribution in [2.24, 2.45) is 0 Å². The zero-order valence-corrected chi connectivity index (χ0v) is 26.5. The van der Waals surface area contributed by atoms with E-state index in [2.05, 4.69) is 133 Å². The zero-order chi connectivity index (χ0) is 32.3. The third-order valence-corrected chi connectivity index (χ3v) is 9.68. The minimum absolute atomic E-state index is 0.691. The van der Waals surface area contributed by atoms with E-state index in [1.165, 1.54) is 26.9 Å². The molecule has 2 aromatic heterocycles. The summed E-state index contributed by atoms with van der Waals surface area (Å²) in [7, 11) is 0.